The summed E-state index contributed by atoms with van der Waals surface area (Å²) in [6.07, 6.45) is 3.33. The van der Waals surface area contributed by atoms with Gasteiger partial charge in [0.1, 0.15) is 5.65 Å². The van der Waals surface area contributed by atoms with Gasteiger partial charge in [-0.25, -0.2) is 9.97 Å². The minimum absolute atomic E-state index is 0.362. The Balaban J connectivity index is 2.21. The van der Waals surface area contributed by atoms with Crippen LogP contribution in [0.5, 0.6) is 5.88 Å². The molecule has 26 heavy (non-hydrogen) atoms. The van der Waals surface area contributed by atoms with E-state index in [4.69, 9.17) is 9.72 Å². The molecule has 1 atom stereocenters. The van der Waals surface area contributed by atoms with Gasteiger partial charge >= 0.3 is 0 Å². The Bertz CT molecular complexity index is 940. The molecule has 0 N–H and O–H groups in total. The third-order valence-electron chi connectivity index (χ3n) is 5.24. The van der Waals surface area contributed by atoms with Crippen molar-refractivity contribution in [1.82, 2.24) is 14.5 Å². The summed E-state index contributed by atoms with van der Waals surface area (Å²) in [5.41, 5.74) is 6.44. The maximum Gasteiger partial charge on any atom is 0.222 e. The van der Waals surface area contributed by atoms with Gasteiger partial charge in [0, 0.05) is 24.3 Å². The van der Waals surface area contributed by atoms with Crippen molar-refractivity contribution in [2.24, 2.45) is 7.05 Å². The molecule has 0 amide bonds. The van der Waals surface area contributed by atoms with Gasteiger partial charge in [-0.05, 0) is 54.5 Å². The predicted octanol–water partition coefficient (Wildman–Crippen LogP) is 5.59. The number of hydrogen-bond donors (Lipinski definition) is 0. The number of hydrogen-bond acceptors (Lipinski definition) is 3. The Hall–Kier alpha value is -2.36. The number of aryl methyl sites for hydroxylation is 2. The van der Waals surface area contributed by atoms with E-state index in [2.05, 4.69) is 75.6 Å². The van der Waals surface area contributed by atoms with Gasteiger partial charge in [-0.15, -0.1) is 0 Å². The SMILES string of the molecule is CCC(C)c1cn(C)c2nc(-c3ccc(C(C)C)nc3OC)c(C)cc12. The first-order valence-corrected chi connectivity index (χ1v) is 9.39. The molecule has 3 aromatic rings. The van der Waals surface area contributed by atoms with Crippen molar-refractivity contribution in [2.75, 3.05) is 7.11 Å². The van der Waals surface area contributed by atoms with Crippen LogP contribution in [0.15, 0.2) is 24.4 Å². The molecule has 0 aliphatic rings. The molecule has 0 aliphatic carbocycles. The Labute approximate surface area is 156 Å². The molecule has 0 aromatic carbocycles. The molecule has 3 rings (SSSR count). The van der Waals surface area contributed by atoms with Crippen LogP contribution in [0.2, 0.25) is 0 Å². The molecule has 0 radical (unpaired) electrons. The smallest absolute Gasteiger partial charge is 0.222 e. The number of fused-ring (bicyclic) bond motifs is 1. The van der Waals surface area contributed by atoms with E-state index in [0.717, 1.165) is 34.6 Å². The van der Waals surface area contributed by atoms with E-state index in [0.29, 0.717) is 17.7 Å². The van der Waals surface area contributed by atoms with E-state index in [9.17, 15) is 0 Å². The van der Waals surface area contributed by atoms with Gasteiger partial charge in [-0.2, -0.15) is 0 Å². The summed E-state index contributed by atoms with van der Waals surface area (Å²) in [5.74, 6) is 1.52. The maximum absolute atomic E-state index is 5.59. The molecule has 138 valence electrons. The Morgan fingerprint density at radius 3 is 2.50 bits per heavy atom. The molecule has 0 spiro atoms. The average molecular weight is 351 g/mol. The fourth-order valence-corrected chi connectivity index (χ4v) is 3.42. The summed E-state index contributed by atoms with van der Waals surface area (Å²) in [4.78, 5) is 9.70. The van der Waals surface area contributed by atoms with Crippen LogP contribution in [-0.2, 0) is 7.05 Å². The molecule has 0 saturated carbocycles. The minimum Gasteiger partial charge on any atom is -0.480 e. The van der Waals surface area contributed by atoms with Crippen molar-refractivity contribution in [1.29, 1.82) is 0 Å². The third-order valence-corrected chi connectivity index (χ3v) is 5.24. The van der Waals surface area contributed by atoms with Crippen LogP contribution < -0.4 is 4.74 Å². The van der Waals surface area contributed by atoms with Gasteiger partial charge in [0.05, 0.1) is 18.4 Å². The summed E-state index contributed by atoms with van der Waals surface area (Å²) in [7, 11) is 3.74. The zero-order valence-corrected chi connectivity index (χ0v) is 16.9. The highest BCUT2D eigenvalue weighted by molar-refractivity contribution is 5.86. The Kier molecular flexibility index (Phi) is 5.03. The zero-order chi connectivity index (χ0) is 19.0. The number of ether oxygens (including phenoxy) is 1. The number of pyridine rings is 2. The zero-order valence-electron chi connectivity index (χ0n) is 16.9. The summed E-state index contributed by atoms with van der Waals surface area (Å²) in [6, 6.07) is 6.42. The molecule has 4 heteroatoms. The highest BCUT2D eigenvalue weighted by Crippen LogP contribution is 2.35. The third kappa shape index (κ3) is 3.09. The van der Waals surface area contributed by atoms with Crippen molar-refractivity contribution in [3.8, 4) is 17.1 Å². The molecule has 0 aliphatic heterocycles. The van der Waals surface area contributed by atoms with Crippen LogP contribution in [0.25, 0.3) is 22.3 Å². The highest BCUT2D eigenvalue weighted by Gasteiger charge is 2.18. The van der Waals surface area contributed by atoms with Crippen LogP contribution in [0, 0.1) is 6.92 Å². The van der Waals surface area contributed by atoms with Crippen LogP contribution in [0.4, 0.5) is 0 Å². The normalized spacial score (nSPS) is 12.8. The van der Waals surface area contributed by atoms with E-state index in [1.165, 1.54) is 10.9 Å². The number of rotatable bonds is 5. The average Bonchev–Trinajstić information content (AvgIpc) is 2.95. The van der Waals surface area contributed by atoms with Gasteiger partial charge in [0.2, 0.25) is 5.88 Å². The standard InChI is InChI=1S/C22H29N3O/c1-8-14(4)18-12-25(6)21-17(18)11-15(5)20(24-21)16-9-10-19(13(2)3)23-22(16)26-7/h9-14H,8H2,1-7H3. The van der Waals surface area contributed by atoms with Gasteiger partial charge in [0.25, 0.3) is 0 Å². The molecule has 0 fully saturated rings. The van der Waals surface area contributed by atoms with Crippen molar-refractivity contribution >= 4 is 11.0 Å². The quantitative estimate of drug-likeness (QED) is 0.601. The number of methoxy groups -OCH3 is 1. The highest BCUT2D eigenvalue weighted by atomic mass is 16.5. The van der Waals surface area contributed by atoms with Crippen LogP contribution in [0.3, 0.4) is 0 Å². The van der Waals surface area contributed by atoms with Crippen molar-refractivity contribution < 1.29 is 4.74 Å². The monoisotopic (exact) mass is 351 g/mol. The number of aromatic nitrogens is 3. The van der Waals surface area contributed by atoms with E-state index in [-0.39, 0.29) is 0 Å². The summed E-state index contributed by atoms with van der Waals surface area (Å²) in [6.45, 7) is 10.9. The van der Waals surface area contributed by atoms with Crippen molar-refractivity contribution in [3.63, 3.8) is 0 Å². The molecular weight excluding hydrogens is 322 g/mol. The van der Waals surface area contributed by atoms with E-state index >= 15 is 0 Å². The molecule has 1 unspecified atom stereocenters. The summed E-state index contributed by atoms with van der Waals surface area (Å²) < 4.78 is 7.72. The van der Waals surface area contributed by atoms with Crippen LogP contribution >= 0.6 is 0 Å². The van der Waals surface area contributed by atoms with E-state index in [1.807, 2.05) is 0 Å². The van der Waals surface area contributed by atoms with Gasteiger partial charge < -0.3 is 9.30 Å². The fraction of sp³-hybridized carbons (Fsp3) is 0.455. The first-order chi connectivity index (χ1) is 12.4. The second kappa shape index (κ2) is 7.10. The molecule has 3 heterocycles. The molecule has 0 bridgehead atoms. The predicted molar refractivity (Wildman–Crippen MR) is 108 cm³/mol. The fourth-order valence-electron chi connectivity index (χ4n) is 3.42. The lowest BCUT2D eigenvalue weighted by Crippen LogP contribution is -2.00. The summed E-state index contributed by atoms with van der Waals surface area (Å²) in [5, 5.41) is 1.24. The molecular formula is C22H29N3O. The topological polar surface area (TPSA) is 39.9 Å². The van der Waals surface area contributed by atoms with E-state index in [1.54, 1.807) is 7.11 Å². The maximum atomic E-state index is 5.59. The Morgan fingerprint density at radius 2 is 1.88 bits per heavy atom. The van der Waals surface area contributed by atoms with E-state index < -0.39 is 0 Å². The second-order valence-corrected chi connectivity index (χ2v) is 7.48. The van der Waals surface area contributed by atoms with Gasteiger partial charge in [0.15, 0.2) is 0 Å². The Morgan fingerprint density at radius 1 is 1.15 bits per heavy atom. The van der Waals surface area contributed by atoms with Gasteiger partial charge in [-0.3, -0.25) is 0 Å². The lowest BCUT2D eigenvalue weighted by molar-refractivity contribution is 0.397. The first-order valence-electron chi connectivity index (χ1n) is 9.39. The lowest BCUT2D eigenvalue weighted by Gasteiger charge is -2.13. The molecule has 3 aromatic heterocycles. The number of nitrogens with zero attached hydrogens (tertiary/aromatic N) is 3. The second-order valence-electron chi connectivity index (χ2n) is 7.48. The largest absolute Gasteiger partial charge is 0.480 e. The first kappa shape index (κ1) is 18.4. The summed E-state index contributed by atoms with van der Waals surface area (Å²) >= 11 is 0. The van der Waals surface area contributed by atoms with Crippen LogP contribution in [-0.4, -0.2) is 21.6 Å². The van der Waals surface area contributed by atoms with Gasteiger partial charge in [-0.1, -0.05) is 27.7 Å². The van der Waals surface area contributed by atoms with Crippen molar-refractivity contribution in [3.05, 3.63) is 41.2 Å². The molecule has 4 nitrogen and oxygen atoms in total. The molecule has 0 saturated heterocycles. The van der Waals surface area contributed by atoms with Crippen molar-refractivity contribution in [2.45, 2.75) is 52.9 Å². The van der Waals surface area contributed by atoms with Crippen LogP contribution in [0.1, 0.15) is 62.8 Å². The lowest BCUT2D eigenvalue weighted by atomic mass is 9.97. The minimum atomic E-state index is 0.362.